The summed E-state index contributed by atoms with van der Waals surface area (Å²) in [5.74, 6) is 0.682. The minimum atomic E-state index is 0.382. The highest BCUT2D eigenvalue weighted by molar-refractivity contribution is 9.10. The molecule has 1 aromatic heterocycles. The fraction of sp³-hybridized carbons (Fsp3) is 0.400. The minimum Gasteiger partial charge on any atom is -0.350 e. The maximum atomic E-state index is 9.34. The summed E-state index contributed by atoms with van der Waals surface area (Å²) in [6.07, 6.45) is 0. The lowest BCUT2D eigenvalue weighted by molar-refractivity contribution is 0.270. The molecule has 1 aliphatic rings. The molecule has 1 aliphatic heterocycles. The number of likely N-dealkylation sites (N-methyl/N-ethyl adjacent to an activating group) is 1. The molecule has 1 aromatic carbocycles. The van der Waals surface area contributed by atoms with Crippen molar-refractivity contribution in [3.05, 3.63) is 34.4 Å². The third-order valence-corrected chi connectivity index (χ3v) is 4.41. The molecular formula is C15H17BrN6. The summed E-state index contributed by atoms with van der Waals surface area (Å²) in [5.41, 5.74) is 1.23. The highest BCUT2D eigenvalue weighted by Crippen LogP contribution is 2.20. The number of nitrogens with zero attached hydrogens (tertiary/aromatic N) is 6. The maximum Gasteiger partial charge on any atom is 0.207 e. The minimum absolute atomic E-state index is 0.382. The molecule has 0 bridgehead atoms. The van der Waals surface area contributed by atoms with Crippen LogP contribution in [-0.2, 0) is 0 Å². The van der Waals surface area contributed by atoms with Gasteiger partial charge in [-0.05, 0) is 30.8 Å². The van der Waals surface area contributed by atoms with Gasteiger partial charge < -0.3 is 9.80 Å². The van der Waals surface area contributed by atoms with Crippen LogP contribution in [0.4, 0.5) is 5.82 Å². The summed E-state index contributed by atoms with van der Waals surface area (Å²) in [6, 6.07) is 9.87. The first-order chi connectivity index (χ1) is 10.7. The van der Waals surface area contributed by atoms with Crippen LogP contribution in [0, 0.1) is 11.3 Å². The van der Waals surface area contributed by atoms with Crippen molar-refractivity contribution in [2.24, 2.45) is 0 Å². The average Bonchev–Trinajstić information content (AvgIpc) is 3.00. The van der Waals surface area contributed by atoms with E-state index in [-0.39, 0.29) is 0 Å². The van der Waals surface area contributed by atoms with Crippen LogP contribution in [0.1, 0.15) is 12.6 Å². The smallest absolute Gasteiger partial charge is 0.207 e. The Labute approximate surface area is 138 Å². The van der Waals surface area contributed by atoms with Crippen LogP contribution >= 0.6 is 15.9 Å². The number of hydrogen-bond donors (Lipinski definition) is 0. The molecule has 7 heteroatoms. The van der Waals surface area contributed by atoms with Crippen LogP contribution < -0.4 is 4.90 Å². The number of aromatic nitrogens is 3. The topological polar surface area (TPSA) is 61.0 Å². The number of hydrogen-bond acceptors (Lipinski definition) is 5. The van der Waals surface area contributed by atoms with Crippen molar-refractivity contribution in [1.29, 1.82) is 5.26 Å². The first-order valence-corrected chi connectivity index (χ1v) is 8.11. The molecule has 2 heterocycles. The van der Waals surface area contributed by atoms with Gasteiger partial charge in [-0.3, -0.25) is 0 Å². The molecule has 0 aliphatic carbocycles. The second-order valence-electron chi connectivity index (χ2n) is 5.17. The van der Waals surface area contributed by atoms with E-state index in [1.54, 1.807) is 0 Å². The number of halogens is 1. The SMILES string of the molecule is CCN1CCN(c2nn(-c3ccc(Br)cc3)nc2C#N)CC1. The third-order valence-electron chi connectivity index (χ3n) is 3.88. The second-order valence-corrected chi connectivity index (χ2v) is 6.09. The van der Waals surface area contributed by atoms with Gasteiger partial charge in [0.25, 0.3) is 0 Å². The van der Waals surface area contributed by atoms with Crippen LogP contribution in [-0.4, -0.2) is 52.6 Å². The van der Waals surface area contributed by atoms with Crippen LogP contribution in [0.25, 0.3) is 5.69 Å². The van der Waals surface area contributed by atoms with E-state index in [9.17, 15) is 5.26 Å². The normalized spacial score (nSPS) is 15.8. The molecule has 0 spiro atoms. The van der Waals surface area contributed by atoms with Gasteiger partial charge in [0.2, 0.25) is 5.69 Å². The van der Waals surface area contributed by atoms with Crippen LogP contribution in [0.15, 0.2) is 28.7 Å². The zero-order valence-electron chi connectivity index (χ0n) is 12.4. The van der Waals surface area contributed by atoms with Crippen molar-refractivity contribution in [2.75, 3.05) is 37.6 Å². The largest absolute Gasteiger partial charge is 0.350 e. The van der Waals surface area contributed by atoms with Crippen molar-refractivity contribution < 1.29 is 0 Å². The fourth-order valence-corrected chi connectivity index (χ4v) is 2.81. The monoisotopic (exact) mass is 360 g/mol. The molecule has 22 heavy (non-hydrogen) atoms. The molecule has 0 atom stereocenters. The van der Waals surface area contributed by atoms with Gasteiger partial charge in [0.1, 0.15) is 6.07 Å². The molecule has 0 N–H and O–H groups in total. The first-order valence-electron chi connectivity index (χ1n) is 7.32. The lowest BCUT2D eigenvalue weighted by atomic mass is 10.3. The van der Waals surface area contributed by atoms with Crippen molar-refractivity contribution in [3.8, 4) is 11.8 Å². The predicted octanol–water partition coefficient (Wildman–Crippen LogP) is 2.04. The van der Waals surface area contributed by atoms with Gasteiger partial charge in [-0.2, -0.15) is 5.26 Å². The lowest BCUT2D eigenvalue weighted by Gasteiger charge is -2.33. The van der Waals surface area contributed by atoms with Crippen LogP contribution in [0.5, 0.6) is 0 Å². The van der Waals surface area contributed by atoms with Gasteiger partial charge in [0, 0.05) is 30.7 Å². The predicted molar refractivity (Wildman–Crippen MR) is 88.1 cm³/mol. The molecule has 0 saturated carbocycles. The Hall–Kier alpha value is -1.91. The molecule has 0 unspecified atom stereocenters. The van der Waals surface area contributed by atoms with E-state index in [1.165, 1.54) is 4.80 Å². The molecule has 6 nitrogen and oxygen atoms in total. The van der Waals surface area contributed by atoms with Crippen LogP contribution in [0.2, 0.25) is 0 Å². The molecule has 1 saturated heterocycles. The van der Waals surface area contributed by atoms with Crippen molar-refractivity contribution >= 4 is 21.7 Å². The molecule has 1 fully saturated rings. The zero-order valence-corrected chi connectivity index (χ0v) is 14.0. The molecule has 0 amide bonds. The Morgan fingerprint density at radius 1 is 1.14 bits per heavy atom. The quantitative estimate of drug-likeness (QED) is 0.837. The highest BCUT2D eigenvalue weighted by atomic mass is 79.9. The Bertz CT molecular complexity index is 679. The van der Waals surface area contributed by atoms with Crippen molar-refractivity contribution in [2.45, 2.75) is 6.92 Å². The van der Waals surface area contributed by atoms with Gasteiger partial charge in [-0.1, -0.05) is 22.9 Å². The molecule has 3 rings (SSSR count). The Kier molecular flexibility index (Phi) is 4.41. The number of rotatable bonds is 3. The van der Waals surface area contributed by atoms with E-state index in [1.807, 2.05) is 24.3 Å². The summed E-state index contributed by atoms with van der Waals surface area (Å²) in [5, 5.41) is 18.2. The number of nitriles is 1. The Morgan fingerprint density at radius 3 is 2.41 bits per heavy atom. The molecule has 0 radical (unpaired) electrons. The third kappa shape index (κ3) is 2.98. The summed E-state index contributed by atoms with van der Waals surface area (Å²) in [6.45, 7) is 6.97. The van der Waals surface area contributed by atoms with E-state index in [4.69, 9.17) is 0 Å². The number of anilines is 1. The second kappa shape index (κ2) is 6.46. The number of benzene rings is 1. The van der Waals surface area contributed by atoms with Gasteiger partial charge in [0.05, 0.1) is 5.69 Å². The van der Waals surface area contributed by atoms with Gasteiger partial charge >= 0.3 is 0 Å². The van der Waals surface area contributed by atoms with E-state index >= 15 is 0 Å². The first kappa shape index (κ1) is 15.0. The summed E-state index contributed by atoms with van der Waals surface area (Å²) < 4.78 is 1.000. The molecular weight excluding hydrogens is 344 g/mol. The Balaban J connectivity index is 1.86. The number of piperazine rings is 1. The van der Waals surface area contributed by atoms with E-state index < -0.39 is 0 Å². The fourth-order valence-electron chi connectivity index (χ4n) is 2.55. The van der Waals surface area contributed by atoms with Crippen LogP contribution in [0.3, 0.4) is 0 Å². The summed E-state index contributed by atoms with van der Waals surface area (Å²) in [7, 11) is 0. The maximum absolute atomic E-state index is 9.34. The van der Waals surface area contributed by atoms with E-state index in [0.717, 1.165) is 42.9 Å². The molecule has 114 valence electrons. The summed E-state index contributed by atoms with van der Waals surface area (Å²) in [4.78, 5) is 6.07. The molecule has 2 aromatic rings. The van der Waals surface area contributed by atoms with Crippen molar-refractivity contribution in [1.82, 2.24) is 19.9 Å². The zero-order chi connectivity index (χ0) is 15.5. The summed E-state index contributed by atoms with van der Waals surface area (Å²) >= 11 is 3.41. The van der Waals surface area contributed by atoms with Gasteiger partial charge in [-0.15, -0.1) is 15.0 Å². The Morgan fingerprint density at radius 2 is 1.82 bits per heavy atom. The van der Waals surface area contributed by atoms with E-state index in [0.29, 0.717) is 11.5 Å². The lowest BCUT2D eigenvalue weighted by Crippen LogP contribution is -2.46. The van der Waals surface area contributed by atoms with Crippen molar-refractivity contribution in [3.63, 3.8) is 0 Å². The average molecular weight is 361 g/mol. The van der Waals surface area contributed by atoms with Gasteiger partial charge in [0.15, 0.2) is 5.82 Å². The van der Waals surface area contributed by atoms with E-state index in [2.05, 4.69) is 48.9 Å². The highest BCUT2D eigenvalue weighted by Gasteiger charge is 2.22. The van der Waals surface area contributed by atoms with Gasteiger partial charge in [-0.25, -0.2) is 0 Å². The standard InChI is InChI=1S/C15H17BrN6/c1-2-20-7-9-21(10-8-20)15-14(11-17)18-22(19-15)13-5-3-12(16)4-6-13/h3-6H,2,7-10H2,1H3.